The average molecular weight is 342 g/mol. The van der Waals surface area contributed by atoms with E-state index in [1.165, 1.54) is 4.90 Å². The van der Waals surface area contributed by atoms with Crippen molar-refractivity contribution in [2.45, 2.75) is 6.54 Å². The Labute approximate surface area is 145 Å². The highest BCUT2D eigenvalue weighted by Crippen LogP contribution is 2.10. The minimum atomic E-state index is -0.349. The van der Waals surface area contributed by atoms with Crippen molar-refractivity contribution in [3.8, 4) is 6.07 Å². The van der Waals surface area contributed by atoms with Gasteiger partial charge in [-0.05, 0) is 35.9 Å². The molecule has 0 aliphatic heterocycles. The number of benzene rings is 2. The molecule has 2 rings (SSSR count). The van der Waals surface area contributed by atoms with Gasteiger partial charge in [0.2, 0.25) is 5.91 Å². The van der Waals surface area contributed by atoms with Crippen molar-refractivity contribution in [2.24, 2.45) is 0 Å². The van der Waals surface area contributed by atoms with Crippen molar-refractivity contribution >= 4 is 23.4 Å². The molecule has 0 aliphatic carbocycles. The van der Waals surface area contributed by atoms with Crippen molar-refractivity contribution < 1.29 is 9.59 Å². The maximum absolute atomic E-state index is 12.1. The molecule has 0 aromatic heterocycles. The van der Waals surface area contributed by atoms with Gasteiger partial charge < -0.3 is 10.2 Å². The second-order valence-electron chi connectivity index (χ2n) is 5.25. The van der Waals surface area contributed by atoms with Crippen LogP contribution in [0.4, 0.5) is 0 Å². The van der Waals surface area contributed by atoms with E-state index in [0.29, 0.717) is 22.7 Å². The summed E-state index contributed by atoms with van der Waals surface area (Å²) in [7, 11) is 1.66. The summed E-state index contributed by atoms with van der Waals surface area (Å²) in [6, 6.07) is 15.6. The fraction of sp³-hybridized carbons (Fsp3) is 0.167. The van der Waals surface area contributed by atoms with Crippen LogP contribution in [0, 0.1) is 11.3 Å². The molecule has 122 valence electrons. The molecule has 5 nitrogen and oxygen atoms in total. The summed E-state index contributed by atoms with van der Waals surface area (Å²) in [4.78, 5) is 25.6. The lowest BCUT2D eigenvalue weighted by molar-refractivity contribution is -0.129. The molecule has 1 N–H and O–H groups in total. The Hall–Kier alpha value is -2.84. The Balaban J connectivity index is 1.87. The van der Waals surface area contributed by atoms with E-state index in [2.05, 4.69) is 5.32 Å². The summed E-state index contributed by atoms with van der Waals surface area (Å²) in [5.74, 6) is -0.563. The Morgan fingerprint density at radius 3 is 2.54 bits per heavy atom. The second-order valence-corrected chi connectivity index (χ2v) is 5.69. The Morgan fingerprint density at radius 1 is 1.21 bits per heavy atom. The molecule has 2 aromatic rings. The molecule has 2 amide bonds. The third kappa shape index (κ3) is 4.83. The van der Waals surface area contributed by atoms with Crippen LogP contribution in [-0.4, -0.2) is 30.3 Å². The number of carbonyl (C=O) groups is 2. The zero-order valence-corrected chi connectivity index (χ0v) is 13.9. The van der Waals surface area contributed by atoms with E-state index in [1.54, 1.807) is 55.6 Å². The minimum absolute atomic E-state index is 0.0991. The molecule has 0 aliphatic rings. The molecule has 24 heavy (non-hydrogen) atoms. The normalized spacial score (nSPS) is 9.88. The van der Waals surface area contributed by atoms with Gasteiger partial charge in [-0.3, -0.25) is 9.59 Å². The molecular weight excluding hydrogens is 326 g/mol. The standard InChI is InChI=1S/C18H16ClN3O2/c1-22(12-14-7-5-13(10-20)6-8-14)17(23)11-21-18(24)15-3-2-4-16(19)9-15/h2-9H,11-12H2,1H3,(H,21,24). The number of halogens is 1. The largest absolute Gasteiger partial charge is 0.343 e. The quantitative estimate of drug-likeness (QED) is 0.908. The first-order valence-corrected chi connectivity index (χ1v) is 7.64. The van der Waals surface area contributed by atoms with E-state index in [4.69, 9.17) is 16.9 Å². The maximum Gasteiger partial charge on any atom is 0.251 e. The summed E-state index contributed by atoms with van der Waals surface area (Å²) in [5, 5.41) is 11.8. The monoisotopic (exact) mass is 341 g/mol. The summed E-state index contributed by atoms with van der Waals surface area (Å²) in [6.45, 7) is 0.301. The molecule has 0 saturated heterocycles. The Kier molecular flexibility index (Phi) is 5.94. The molecular formula is C18H16ClN3O2. The smallest absolute Gasteiger partial charge is 0.251 e. The summed E-state index contributed by atoms with van der Waals surface area (Å²) in [5.41, 5.74) is 1.89. The number of rotatable bonds is 5. The van der Waals surface area contributed by atoms with Crippen molar-refractivity contribution in [3.05, 3.63) is 70.2 Å². The fourth-order valence-electron chi connectivity index (χ4n) is 2.07. The Bertz CT molecular complexity index is 782. The number of hydrogen-bond acceptors (Lipinski definition) is 3. The number of nitriles is 1. The first kappa shape index (κ1) is 17.5. The maximum atomic E-state index is 12.1. The average Bonchev–Trinajstić information content (AvgIpc) is 2.60. The highest BCUT2D eigenvalue weighted by Gasteiger charge is 2.12. The number of amides is 2. The van der Waals surface area contributed by atoms with E-state index < -0.39 is 0 Å². The van der Waals surface area contributed by atoms with Crippen LogP contribution in [0.5, 0.6) is 0 Å². The number of nitrogens with one attached hydrogen (secondary N) is 1. The number of hydrogen-bond donors (Lipinski definition) is 1. The van der Waals surface area contributed by atoms with Crippen LogP contribution < -0.4 is 5.32 Å². The van der Waals surface area contributed by atoms with Crippen LogP contribution in [-0.2, 0) is 11.3 Å². The molecule has 0 heterocycles. The van der Waals surface area contributed by atoms with E-state index in [9.17, 15) is 9.59 Å². The molecule has 2 aromatic carbocycles. The van der Waals surface area contributed by atoms with Gasteiger partial charge in [0.15, 0.2) is 0 Å². The lowest BCUT2D eigenvalue weighted by atomic mass is 10.1. The molecule has 0 unspecified atom stereocenters. The molecule has 0 radical (unpaired) electrons. The van der Waals surface area contributed by atoms with E-state index in [1.807, 2.05) is 6.07 Å². The first-order chi connectivity index (χ1) is 11.5. The van der Waals surface area contributed by atoms with Crippen molar-refractivity contribution in [2.75, 3.05) is 13.6 Å². The number of carbonyl (C=O) groups excluding carboxylic acids is 2. The summed E-state index contributed by atoms with van der Waals surface area (Å²) < 4.78 is 0. The van der Waals surface area contributed by atoms with Crippen LogP contribution in [0.3, 0.4) is 0 Å². The van der Waals surface area contributed by atoms with Gasteiger partial charge in [0.1, 0.15) is 0 Å². The van der Waals surface area contributed by atoms with Gasteiger partial charge in [-0.25, -0.2) is 0 Å². The van der Waals surface area contributed by atoms with Crippen molar-refractivity contribution in [1.82, 2.24) is 10.2 Å². The highest BCUT2D eigenvalue weighted by atomic mass is 35.5. The zero-order chi connectivity index (χ0) is 17.5. The lowest BCUT2D eigenvalue weighted by Gasteiger charge is -2.17. The van der Waals surface area contributed by atoms with Gasteiger partial charge in [-0.1, -0.05) is 29.8 Å². The number of likely N-dealkylation sites (N-methyl/N-ethyl adjacent to an activating group) is 1. The predicted octanol–water partition coefficient (Wildman–Crippen LogP) is 2.60. The fourth-order valence-corrected chi connectivity index (χ4v) is 2.26. The minimum Gasteiger partial charge on any atom is -0.343 e. The van der Waals surface area contributed by atoms with Gasteiger partial charge >= 0.3 is 0 Å². The topological polar surface area (TPSA) is 73.2 Å². The van der Waals surface area contributed by atoms with Crippen LogP contribution in [0.2, 0.25) is 5.02 Å². The van der Waals surface area contributed by atoms with Gasteiger partial charge in [0, 0.05) is 24.2 Å². The predicted molar refractivity (Wildman–Crippen MR) is 91.4 cm³/mol. The van der Waals surface area contributed by atoms with Gasteiger partial charge in [-0.15, -0.1) is 0 Å². The van der Waals surface area contributed by atoms with Gasteiger partial charge in [-0.2, -0.15) is 5.26 Å². The molecule has 0 saturated carbocycles. The summed E-state index contributed by atoms with van der Waals surface area (Å²) in [6.07, 6.45) is 0. The van der Waals surface area contributed by atoms with Gasteiger partial charge in [0.05, 0.1) is 18.2 Å². The molecule has 0 spiro atoms. The Morgan fingerprint density at radius 2 is 1.92 bits per heavy atom. The third-order valence-electron chi connectivity index (χ3n) is 3.42. The molecule has 0 bridgehead atoms. The van der Waals surface area contributed by atoms with E-state index in [0.717, 1.165) is 5.56 Å². The van der Waals surface area contributed by atoms with Crippen molar-refractivity contribution in [3.63, 3.8) is 0 Å². The summed E-state index contributed by atoms with van der Waals surface area (Å²) >= 11 is 5.84. The van der Waals surface area contributed by atoms with E-state index >= 15 is 0 Å². The molecule has 0 fully saturated rings. The first-order valence-electron chi connectivity index (χ1n) is 7.26. The van der Waals surface area contributed by atoms with Gasteiger partial charge in [0.25, 0.3) is 5.91 Å². The highest BCUT2D eigenvalue weighted by molar-refractivity contribution is 6.30. The van der Waals surface area contributed by atoms with Crippen LogP contribution in [0.15, 0.2) is 48.5 Å². The van der Waals surface area contributed by atoms with Crippen LogP contribution in [0.1, 0.15) is 21.5 Å². The molecule has 0 atom stereocenters. The van der Waals surface area contributed by atoms with Crippen LogP contribution >= 0.6 is 11.6 Å². The van der Waals surface area contributed by atoms with E-state index in [-0.39, 0.29) is 18.4 Å². The van der Waals surface area contributed by atoms with Crippen molar-refractivity contribution in [1.29, 1.82) is 5.26 Å². The zero-order valence-electron chi connectivity index (χ0n) is 13.1. The SMILES string of the molecule is CN(Cc1ccc(C#N)cc1)C(=O)CNC(=O)c1cccc(Cl)c1. The number of nitrogens with zero attached hydrogens (tertiary/aromatic N) is 2. The second kappa shape index (κ2) is 8.14. The van der Waals surface area contributed by atoms with Crippen LogP contribution in [0.25, 0.3) is 0 Å². The third-order valence-corrected chi connectivity index (χ3v) is 3.65. The molecule has 6 heteroatoms. The lowest BCUT2D eigenvalue weighted by Crippen LogP contribution is -2.37.